The highest BCUT2D eigenvalue weighted by Crippen LogP contribution is 2.42. The van der Waals surface area contributed by atoms with Gasteiger partial charge in [-0.2, -0.15) is 0 Å². The van der Waals surface area contributed by atoms with Crippen LogP contribution in [0.15, 0.2) is 24.3 Å². The third-order valence-corrected chi connectivity index (χ3v) is 6.28. The molecular formula is C22H30N2O5. The van der Waals surface area contributed by atoms with Crippen LogP contribution in [0.3, 0.4) is 0 Å². The molecule has 1 spiro atoms. The van der Waals surface area contributed by atoms with Crippen LogP contribution in [-0.4, -0.2) is 61.5 Å². The number of carbonyl (C=O) groups excluding carboxylic acids is 2. The zero-order valence-electron chi connectivity index (χ0n) is 17.0. The van der Waals surface area contributed by atoms with Gasteiger partial charge in [0.2, 0.25) is 5.91 Å². The van der Waals surface area contributed by atoms with Crippen molar-refractivity contribution in [2.45, 2.75) is 62.8 Å². The van der Waals surface area contributed by atoms with E-state index in [9.17, 15) is 9.59 Å². The predicted molar refractivity (Wildman–Crippen MR) is 107 cm³/mol. The molecule has 158 valence electrons. The third-order valence-electron chi connectivity index (χ3n) is 6.28. The Morgan fingerprint density at radius 1 is 1.21 bits per heavy atom. The van der Waals surface area contributed by atoms with Gasteiger partial charge >= 0.3 is 0 Å². The summed E-state index contributed by atoms with van der Waals surface area (Å²) in [5.41, 5.74) is -0.246. The molecule has 2 saturated heterocycles. The SMILES string of the molecule is COc1ccccc1C(=O)N1C(C(=O)NCC2CCCO2)COC12CCCCC2. The van der Waals surface area contributed by atoms with Crippen molar-refractivity contribution in [3.8, 4) is 5.75 Å². The molecule has 1 aromatic carbocycles. The van der Waals surface area contributed by atoms with Gasteiger partial charge in [0.25, 0.3) is 5.91 Å². The molecule has 2 atom stereocenters. The second kappa shape index (κ2) is 8.71. The average molecular weight is 402 g/mol. The lowest BCUT2D eigenvalue weighted by molar-refractivity contribution is -0.127. The summed E-state index contributed by atoms with van der Waals surface area (Å²) in [6.07, 6.45) is 6.64. The first-order valence-corrected chi connectivity index (χ1v) is 10.6. The van der Waals surface area contributed by atoms with Crippen LogP contribution in [0.25, 0.3) is 0 Å². The second-order valence-corrected chi connectivity index (χ2v) is 8.09. The molecule has 2 amide bonds. The van der Waals surface area contributed by atoms with Crippen LogP contribution < -0.4 is 10.1 Å². The molecular weight excluding hydrogens is 372 g/mol. The molecule has 3 fully saturated rings. The molecule has 1 N–H and O–H groups in total. The van der Waals surface area contributed by atoms with Gasteiger partial charge in [-0.3, -0.25) is 14.5 Å². The van der Waals surface area contributed by atoms with Crippen molar-refractivity contribution in [2.75, 3.05) is 26.9 Å². The van der Waals surface area contributed by atoms with Gasteiger partial charge in [-0.1, -0.05) is 18.6 Å². The van der Waals surface area contributed by atoms with Crippen molar-refractivity contribution in [3.05, 3.63) is 29.8 Å². The van der Waals surface area contributed by atoms with E-state index >= 15 is 0 Å². The molecule has 0 aromatic heterocycles. The summed E-state index contributed by atoms with van der Waals surface area (Å²) in [5.74, 6) is 0.124. The number of benzene rings is 1. The number of carbonyl (C=O) groups is 2. The highest BCUT2D eigenvalue weighted by Gasteiger charge is 2.53. The van der Waals surface area contributed by atoms with Crippen LogP contribution in [0.4, 0.5) is 0 Å². The summed E-state index contributed by atoms with van der Waals surface area (Å²) in [4.78, 5) is 28.4. The molecule has 1 aliphatic carbocycles. The predicted octanol–water partition coefficient (Wildman–Crippen LogP) is 2.49. The van der Waals surface area contributed by atoms with Crippen molar-refractivity contribution in [2.24, 2.45) is 0 Å². The van der Waals surface area contributed by atoms with Crippen LogP contribution in [0.1, 0.15) is 55.3 Å². The largest absolute Gasteiger partial charge is 0.496 e. The zero-order valence-corrected chi connectivity index (χ0v) is 17.0. The summed E-state index contributed by atoms with van der Waals surface area (Å²) < 4.78 is 17.2. The van der Waals surface area contributed by atoms with Crippen LogP contribution in [0, 0.1) is 0 Å². The Hall–Kier alpha value is -2.12. The lowest BCUT2D eigenvalue weighted by Crippen LogP contribution is -2.56. The van der Waals surface area contributed by atoms with E-state index < -0.39 is 11.8 Å². The molecule has 1 saturated carbocycles. The standard InChI is InChI=1S/C22H30N2O5/c1-27-19-10-4-3-9-17(19)21(26)24-18(15-29-22(24)11-5-2-6-12-22)20(25)23-14-16-8-7-13-28-16/h3-4,9-10,16,18H,2,5-8,11-15H2,1H3,(H,23,25). The van der Waals surface area contributed by atoms with E-state index in [1.165, 1.54) is 0 Å². The van der Waals surface area contributed by atoms with Crippen molar-refractivity contribution in [1.29, 1.82) is 0 Å². The van der Waals surface area contributed by atoms with Crippen molar-refractivity contribution < 1.29 is 23.8 Å². The van der Waals surface area contributed by atoms with Crippen LogP contribution in [0.5, 0.6) is 5.75 Å². The number of hydrogen-bond acceptors (Lipinski definition) is 5. The maximum atomic E-state index is 13.6. The first-order chi connectivity index (χ1) is 14.1. The quantitative estimate of drug-likeness (QED) is 0.819. The van der Waals surface area contributed by atoms with Crippen molar-refractivity contribution >= 4 is 11.8 Å². The summed E-state index contributed by atoms with van der Waals surface area (Å²) in [6, 6.07) is 6.51. The summed E-state index contributed by atoms with van der Waals surface area (Å²) in [7, 11) is 1.55. The zero-order chi connectivity index (χ0) is 20.3. The Kier molecular flexibility index (Phi) is 6.06. The molecule has 4 rings (SSSR count). The Labute approximate surface area is 171 Å². The highest BCUT2D eigenvalue weighted by atomic mass is 16.5. The van der Waals surface area contributed by atoms with Gasteiger partial charge in [-0.05, 0) is 50.7 Å². The molecule has 0 bridgehead atoms. The van der Waals surface area contributed by atoms with Gasteiger partial charge in [-0.15, -0.1) is 0 Å². The van der Waals surface area contributed by atoms with Crippen LogP contribution in [-0.2, 0) is 14.3 Å². The van der Waals surface area contributed by atoms with Gasteiger partial charge in [0.1, 0.15) is 17.5 Å². The number of para-hydroxylation sites is 1. The summed E-state index contributed by atoms with van der Waals surface area (Å²) in [5, 5.41) is 2.98. The molecule has 3 aliphatic rings. The van der Waals surface area contributed by atoms with E-state index in [1.807, 2.05) is 12.1 Å². The number of nitrogens with zero attached hydrogens (tertiary/aromatic N) is 1. The monoisotopic (exact) mass is 402 g/mol. The molecule has 0 radical (unpaired) electrons. The lowest BCUT2D eigenvalue weighted by Gasteiger charge is -2.41. The third kappa shape index (κ3) is 3.98. The summed E-state index contributed by atoms with van der Waals surface area (Å²) >= 11 is 0. The minimum absolute atomic E-state index is 0.0586. The van der Waals surface area contributed by atoms with Gasteiger partial charge in [0.15, 0.2) is 0 Å². The second-order valence-electron chi connectivity index (χ2n) is 8.09. The Bertz CT molecular complexity index is 740. The Balaban J connectivity index is 1.58. The normalized spacial score (nSPS) is 25.9. The number of hydrogen-bond donors (Lipinski definition) is 1. The highest BCUT2D eigenvalue weighted by molar-refractivity contribution is 6.00. The van der Waals surface area contributed by atoms with Crippen LogP contribution >= 0.6 is 0 Å². The van der Waals surface area contributed by atoms with Crippen molar-refractivity contribution in [3.63, 3.8) is 0 Å². The number of ether oxygens (including phenoxy) is 3. The van der Waals surface area contributed by atoms with E-state index in [2.05, 4.69) is 5.32 Å². The van der Waals surface area contributed by atoms with E-state index in [-0.39, 0.29) is 24.5 Å². The number of rotatable bonds is 5. The minimum atomic E-state index is -0.706. The van der Waals surface area contributed by atoms with Gasteiger partial charge < -0.3 is 19.5 Å². The maximum Gasteiger partial charge on any atom is 0.260 e. The van der Waals surface area contributed by atoms with Gasteiger partial charge in [0.05, 0.1) is 25.4 Å². The molecule has 2 unspecified atom stereocenters. The molecule has 7 heteroatoms. The fourth-order valence-electron chi connectivity index (χ4n) is 4.76. The molecule has 7 nitrogen and oxygen atoms in total. The average Bonchev–Trinajstić information content (AvgIpc) is 3.40. The van der Waals surface area contributed by atoms with E-state index in [4.69, 9.17) is 14.2 Å². The molecule has 2 aliphatic heterocycles. The number of amides is 2. The Morgan fingerprint density at radius 2 is 2.00 bits per heavy atom. The van der Waals surface area contributed by atoms with Crippen molar-refractivity contribution in [1.82, 2.24) is 10.2 Å². The first kappa shape index (κ1) is 20.2. The fraction of sp³-hybridized carbons (Fsp3) is 0.636. The first-order valence-electron chi connectivity index (χ1n) is 10.6. The number of methoxy groups -OCH3 is 1. The van der Waals surface area contributed by atoms with Crippen LogP contribution in [0.2, 0.25) is 0 Å². The topological polar surface area (TPSA) is 77.1 Å². The van der Waals surface area contributed by atoms with Gasteiger partial charge in [0, 0.05) is 13.2 Å². The Morgan fingerprint density at radius 3 is 2.72 bits per heavy atom. The smallest absolute Gasteiger partial charge is 0.260 e. The fourth-order valence-corrected chi connectivity index (χ4v) is 4.76. The lowest BCUT2D eigenvalue weighted by atomic mass is 9.89. The van der Waals surface area contributed by atoms with E-state index in [1.54, 1.807) is 24.1 Å². The molecule has 29 heavy (non-hydrogen) atoms. The van der Waals surface area contributed by atoms with Gasteiger partial charge in [-0.25, -0.2) is 0 Å². The number of nitrogens with one attached hydrogen (secondary N) is 1. The van der Waals surface area contributed by atoms with E-state index in [0.29, 0.717) is 17.9 Å². The van der Waals surface area contributed by atoms with E-state index in [0.717, 1.165) is 51.6 Å². The molecule has 2 heterocycles. The summed E-state index contributed by atoms with van der Waals surface area (Å²) in [6.45, 7) is 1.44. The minimum Gasteiger partial charge on any atom is -0.496 e. The maximum absolute atomic E-state index is 13.6. The molecule has 1 aromatic rings.